The van der Waals surface area contributed by atoms with E-state index in [0.29, 0.717) is 12.0 Å². The third-order valence-electron chi connectivity index (χ3n) is 4.68. The number of nitrogens with zero attached hydrogens (tertiary/aromatic N) is 1. The minimum atomic E-state index is -4.53. The summed E-state index contributed by atoms with van der Waals surface area (Å²) >= 11 is 0. The third-order valence-corrected chi connectivity index (χ3v) is 4.68. The summed E-state index contributed by atoms with van der Waals surface area (Å²) in [6.07, 6.45) is -2.23. The molecule has 6 heteroatoms. The maximum absolute atomic E-state index is 13.4. The molecule has 1 aliphatic carbocycles. The summed E-state index contributed by atoms with van der Waals surface area (Å²) in [7, 11) is 0. The molecule has 0 amide bonds. The smallest absolute Gasteiger partial charge is 0.294 e. The first-order valence-electron chi connectivity index (χ1n) is 8.49. The summed E-state index contributed by atoms with van der Waals surface area (Å²) in [5.74, 6) is 0.223. The van der Waals surface area contributed by atoms with Gasteiger partial charge in [0.2, 0.25) is 0 Å². The molecule has 1 aromatic heterocycles. The van der Waals surface area contributed by atoms with E-state index in [1.807, 2.05) is 30.3 Å². The second kappa shape index (κ2) is 6.20. The van der Waals surface area contributed by atoms with E-state index in [9.17, 15) is 18.0 Å². The van der Waals surface area contributed by atoms with Crippen LogP contribution in [-0.4, -0.2) is 9.78 Å². The van der Waals surface area contributed by atoms with Gasteiger partial charge in [0.25, 0.3) is 5.56 Å². The van der Waals surface area contributed by atoms with E-state index in [-0.39, 0.29) is 11.6 Å². The summed E-state index contributed by atoms with van der Waals surface area (Å²) < 4.78 is 41.1. The molecule has 0 spiro atoms. The van der Waals surface area contributed by atoms with Crippen LogP contribution in [-0.2, 0) is 12.6 Å². The first-order chi connectivity index (χ1) is 12.4. The first-order valence-corrected chi connectivity index (χ1v) is 8.49. The van der Waals surface area contributed by atoms with Crippen molar-refractivity contribution in [2.45, 2.75) is 31.4 Å². The molecule has 1 fully saturated rings. The van der Waals surface area contributed by atoms with Crippen LogP contribution in [0.3, 0.4) is 0 Å². The summed E-state index contributed by atoms with van der Waals surface area (Å²) in [6.45, 7) is 0. The van der Waals surface area contributed by atoms with Crippen molar-refractivity contribution in [3.05, 3.63) is 87.3 Å². The topological polar surface area (TPSA) is 37.8 Å². The lowest BCUT2D eigenvalue weighted by atomic mass is 10.0. The van der Waals surface area contributed by atoms with Gasteiger partial charge in [-0.3, -0.25) is 9.89 Å². The van der Waals surface area contributed by atoms with Gasteiger partial charge in [-0.15, -0.1) is 0 Å². The van der Waals surface area contributed by atoms with Crippen molar-refractivity contribution in [2.75, 3.05) is 0 Å². The Morgan fingerprint density at radius 3 is 2.31 bits per heavy atom. The van der Waals surface area contributed by atoms with Crippen LogP contribution in [0.2, 0.25) is 0 Å². The van der Waals surface area contributed by atoms with Crippen molar-refractivity contribution < 1.29 is 13.2 Å². The van der Waals surface area contributed by atoms with E-state index in [1.54, 1.807) is 0 Å². The molecule has 0 atom stereocenters. The molecular weight excluding hydrogens is 341 g/mol. The van der Waals surface area contributed by atoms with Crippen LogP contribution in [0.25, 0.3) is 5.69 Å². The molecule has 1 heterocycles. The van der Waals surface area contributed by atoms with Crippen LogP contribution in [0, 0.1) is 0 Å². The van der Waals surface area contributed by atoms with Crippen molar-refractivity contribution in [1.29, 1.82) is 0 Å². The zero-order chi connectivity index (χ0) is 18.3. The van der Waals surface area contributed by atoms with Crippen LogP contribution in [0.4, 0.5) is 13.2 Å². The van der Waals surface area contributed by atoms with Gasteiger partial charge < -0.3 is 0 Å². The zero-order valence-electron chi connectivity index (χ0n) is 13.9. The Bertz CT molecular complexity index is 982. The zero-order valence-corrected chi connectivity index (χ0v) is 13.9. The third kappa shape index (κ3) is 3.07. The van der Waals surface area contributed by atoms with Crippen LogP contribution < -0.4 is 5.56 Å². The van der Waals surface area contributed by atoms with E-state index in [0.717, 1.165) is 34.8 Å². The molecule has 0 radical (unpaired) electrons. The molecule has 1 N–H and O–H groups in total. The number of benzene rings is 2. The number of aromatic nitrogens is 2. The van der Waals surface area contributed by atoms with Gasteiger partial charge in [0.1, 0.15) is 0 Å². The number of hydrogen-bond acceptors (Lipinski definition) is 1. The quantitative estimate of drug-likeness (QED) is 0.724. The number of para-hydroxylation sites is 1. The number of nitrogens with one attached hydrogen (secondary N) is 1. The van der Waals surface area contributed by atoms with Crippen molar-refractivity contribution in [1.82, 2.24) is 9.78 Å². The number of H-pyrrole nitrogens is 1. The molecular formula is C20H17F3N2O. The van der Waals surface area contributed by atoms with Gasteiger partial charge in [-0.2, -0.15) is 13.2 Å². The molecule has 3 aromatic rings. The second-order valence-corrected chi connectivity index (χ2v) is 6.60. The van der Waals surface area contributed by atoms with Crippen LogP contribution in [0.15, 0.2) is 59.4 Å². The number of halogens is 3. The van der Waals surface area contributed by atoms with E-state index in [4.69, 9.17) is 0 Å². The highest BCUT2D eigenvalue weighted by Crippen LogP contribution is 2.41. The Labute approximate surface area is 148 Å². The molecule has 26 heavy (non-hydrogen) atoms. The Morgan fingerprint density at radius 2 is 1.65 bits per heavy atom. The number of rotatable bonds is 4. The predicted octanol–water partition coefficient (Wildman–Crippen LogP) is 4.65. The van der Waals surface area contributed by atoms with E-state index >= 15 is 0 Å². The minimum Gasteiger partial charge on any atom is -0.294 e. The van der Waals surface area contributed by atoms with Gasteiger partial charge in [-0.25, -0.2) is 4.68 Å². The molecule has 134 valence electrons. The largest absolute Gasteiger partial charge is 0.418 e. The Hall–Kier alpha value is -2.76. The van der Waals surface area contributed by atoms with E-state index in [2.05, 4.69) is 5.10 Å². The average Bonchev–Trinajstić information content (AvgIpc) is 3.41. The van der Waals surface area contributed by atoms with Crippen LogP contribution >= 0.6 is 0 Å². The standard InChI is InChI=1S/C20H17F3N2O/c21-20(22,23)16-8-4-5-9-17(16)25-19(26)15(18(24-25)14-10-11-14)12-13-6-2-1-3-7-13/h1-9,14,24H,10-12H2. The Morgan fingerprint density at radius 1 is 1.00 bits per heavy atom. The lowest BCUT2D eigenvalue weighted by Crippen LogP contribution is -2.21. The molecule has 1 aliphatic rings. The number of alkyl halides is 3. The fraction of sp³-hybridized carbons (Fsp3) is 0.250. The Balaban J connectivity index is 1.85. The molecule has 1 saturated carbocycles. The van der Waals surface area contributed by atoms with Gasteiger partial charge in [-0.1, -0.05) is 42.5 Å². The number of hydrogen-bond donors (Lipinski definition) is 1. The predicted molar refractivity (Wildman–Crippen MR) is 92.6 cm³/mol. The average molecular weight is 358 g/mol. The van der Waals surface area contributed by atoms with Gasteiger partial charge in [-0.05, 0) is 30.5 Å². The van der Waals surface area contributed by atoms with Gasteiger partial charge >= 0.3 is 6.18 Å². The van der Waals surface area contributed by atoms with Crippen molar-refractivity contribution in [3.8, 4) is 5.69 Å². The monoisotopic (exact) mass is 358 g/mol. The SMILES string of the molecule is O=c1c(Cc2ccccc2)c(C2CC2)[nH]n1-c1ccccc1C(F)(F)F. The maximum Gasteiger partial charge on any atom is 0.418 e. The highest BCUT2D eigenvalue weighted by Gasteiger charge is 2.36. The van der Waals surface area contributed by atoms with Gasteiger partial charge in [0.05, 0.1) is 11.3 Å². The molecule has 0 aliphatic heterocycles. The summed E-state index contributed by atoms with van der Waals surface area (Å²) in [4.78, 5) is 13.0. The molecule has 0 unspecified atom stereocenters. The molecule has 0 bridgehead atoms. The molecule has 0 saturated heterocycles. The fourth-order valence-corrected chi connectivity index (χ4v) is 3.25. The van der Waals surface area contributed by atoms with E-state index < -0.39 is 17.3 Å². The highest BCUT2D eigenvalue weighted by molar-refractivity contribution is 5.44. The summed E-state index contributed by atoms with van der Waals surface area (Å²) in [5.41, 5.74) is 0.879. The van der Waals surface area contributed by atoms with Gasteiger partial charge in [0, 0.05) is 23.6 Å². The first kappa shape index (κ1) is 16.7. The number of aromatic amines is 1. The second-order valence-electron chi connectivity index (χ2n) is 6.60. The molecule has 4 rings (SSSR count). The van der Waals surface area contributed by atoms with Crippen molar-refractivity contribution in [2.24, 2.45) is 0 Å². The van der Waals surface area contributed by atoms with Crippen molar-refractivity contribution >= 4 is 0 Å². The molecule has 3 nitrogen and oxygen atoms in total. The van der Waals surface area contributed by atoms with Gasteiger partial charge in [0.15, 0.2) is 0 Å². The lowest BCUT2D eigenvalue weighted by molar-refractivity contribution is -0.137. The maximum atomic E-state index is 13.4. The normalized spacial score (nSPS) is 14.6. The summed E-state index contributed by atoms with van der Waals surface area (Å²) in [5, 5.41) is 2.97. The fourth-order valence-electron chi connectivity index (χ4n) is 3.25. The lowest BCUT2D eigenvalue weighted by Gasteiger charge is -2.12. The highest BCUT2D eigenvalue weighted by atomic mass is 19.4. The van der Waals surface area contributed by atoms with Crippen molar-refractivity contribution in [3.63, 3.8) is 0 Å². The minimum absolute atomic E-state index is 0.161. The van der Waals surface area contributed by atoms with Crippen LogP contribution in [0.1, 0.15) is 41.1 Å². The summed E-state index contributed by atoms with van der Waals surface area (Å²) in [6, 6.07) is 14.6. The Kier molecular flexibility index (Phi) is 3.98. The van der Waals surface area contributed by atoms with Crippen LogP contribution in [0.5, 0.6) is 0 Å². The molecule has 2 aromatic carbocycles. The van der Waals surface area contributed by atoms with E-state index in [1.165, 1.54) is 18.2 Å².